The van der Waals surface area contributed by atoms with Gasteiger partial charge in [-0.15, -0.1) is 0 Å². The first-order valence-electron chi connectivity index (χ1n) is 10.2. The van der Waals surface area contributed by atoms with Gasteiger partial charge in [-0.25, -0.2) is 0 Å². The molecule has 1 aromatic heterocycles. The molecule has 0 unspecified atom stereocenters. The van der Waals surface area contributed by atoms with Gasteiger partial charge in [0.15, 0.2) is 12.0 Å². The van der Waals surface area contributed by atoms with Crippen LogP contribution in [-0.4, -0.2) is 39.5 Å². The number of carbonyl (C=O) groups excluding carboxylic acids is 1. The third-order valence-electron chi connectivity index (χ3n) is 5.32. The summed E-state index contributed by atoms with van der Waals surface area (Å²) in [6.45, 7) is 2.76. The van der Waals surface area contributed by atoms with Crippen molar-refractivity contribution in [3.63, 3.8) is 0 Å². The molecule has 0 saturated heterocycles. The number of amidine groups is 1. The van der Waals surface area contributed by atoms with E-state index in [-0.39, 0.29) is 0 Å². The second kappa shape index (κ2) is 8.12. The highest BCUT2D eigenvalue weighted by Gasteiger charge is 2.37. The maximum absolute atomic E-state index is 11.2. The van der Waals surface area contributed by atoms with Gasteiger partial charge in [-0.3, -0.25) is 14.7 Å². The van der Waals surface area contributed by atoms with E-state index in [4.69, 9.17) is 0 Å². The number of hydrogen-bond donors (Lipinski definition) is 2. The molecule has 2 N–H and O–H groups in total. The molecule has 1 aromatic carbocycles. The second-order valence-electron chi connectivity index (χ2n) is 7.51. The molecular formula is C21H22N7O2S. The zero-order valence-corrected chi connectivity index (χ0v) is 17.8. The number of aromatic nitrogens is 2. The number of H-pyrrole nitrogens is 1. The van der Waals surface area contributed by atoms with Crippen LogP contribution in [0, 0.1) is 0 Å². The zero-order valence-electron chi connectivity index (χ0n) is 17.0. The van der Waals surface area contributed by atoms with Crippen LogP contribution in [0.15, 0.2) is 64.6 Å². The van der Waals surface area contributed by atoms with E-state index >= 15 is 0 Å². The number of anilines is 2. The number of fused-ring (bicyclic) bond motifs is 1. The van der Waals surface area contributed by atoms with Crippen molar-refractivity contribution in [2.45, 2.75) is 30.6 Å². The third-order valence-corrected chi connectivity index (χ3v) is 6.27. The van der Waals surface area contributed by atoms with Crippen molar-refractivity contribution in [3.05, 3.63) is 60.4 Å². The van der Waals surface area contributed by atoms with Crippen LogP contribution < -0.4 is 20.2 Å². The molecule has 0 spiro atoms. The van der Waals surface area contributed by atoms with Crippen LogP contribution in [0.2, 0.25) is 0 Å². The van der Waals surface area contributed by atoms with E-state index in [9.17, 15) is 9.90 Å². The van der Waals surface area contributed by atoms with E-state index in [0.29, 0.717) is 24.7 Å². The molecule has 9 nitrogen and oxygen atoms in total. The highest BCUT2D eigenvalue weighted by atomic mass is 32.2. The van der Waals surface area contributed by atoms with Crippen molar-refractivity contribution in [1.29, 1.82) is 0 Å². The lowest BCUT2D eigenvalue weighted by atomic mass is 10.3. The number of rotatable bonds is 7. The van der Waals surface area contributed by atoms with Crippen molar-refractivity contribution in [1.82, 2.24) is 19.4 Å². The molecule has 10 heteroatoms. The summed E-state index contributed by atoms with van der Waals surface area (Å²) < 4.78 is 2.09. The molecule has 1 saturated carbocycles. The zero-order chi connectivity index (χ0) is 21.4. The van der Waals surface area contributed by atoms with Gasteiger partial charge in [-0.1, -0.05) is 0 Å². The Hall–Kier alpha value is -3.24. The smallest absolute Gasteiger partial charge is 0.285 e. The van der Waals surface area contributed by atoms with Crippen LogP contribution in [0.4, 0.5) is 16.3 Å². The maximum atomic E-state index is 11.2. The van der Waals surface area contributed by atoms with Crippen LogP contribution >= 0.6 is 11.9 Å². The summed E-state index contributed by atoms with van der Waals surface area (Å²) in [5, 5.41) is 22.1. The van der Waals surface area contributed by atoms with E-state index in [1.54, 1.807) is 37.2 Å². The minimum Gasteiger partial charge on any atom is -0.530 e. The Morgan fingerprint density at radius 2 is 2.19 bits per heavy atom. The van der Waals surface area contributed by atoms with Crippen LogP contribution in [0.3, 0.4) is 0 Å². The third kappa shape index (κ3) is 4.17. The van der Waals surface area contributed by atoms with Gasteiger partial charge in [-0.05, 0) is 60.9 Å². The van der Waals surface area contributed by atoms with E-state index < -0.39 is 6.09 Å². The number of amides is 1. The number of carbonyl (C=O) groups is 1. The van der Waals surface area contributed by atoms with Crippen molar-refractivity contribution in [2.24, 2.45) is 4.99 Å². The lowest BCUT2D eigenvalue weighted by Gasteiger charge is -2.25. The van der Waals surface area contributed by atoms with Gasteiger partial charge >= 0.3 is 0 Å². The molecular weight excluding hydrogens is 414 g/mol. The van der Waals surface area contributed by atoms with Crippen molar-refractivity contribution >= 4 is 35.4 Å². The summed E-state index contributed by atoms with van der Waals surface area (Å²) in [4.78, 5) is 19.9. The second-order valence-corrected chi connectivity index (χ2v) is 8.63. The quantitative estimate of drug-likeness (QED) is 0.511. The number of benzene rings is 1. The number of carboxylic acid groups (broad SMARTS) is 1. The minimum atomic E-state index is -1.20. The predicted octanol–water partition coefficient (Wildman–Crippen LogP) is 2.71. The Morgan fingerprint density at radius 1 is 1.39 bits per heavy atom. The molecule has 1 amide bonds. The first-order valence-corrected chi connectivity index (χ1v) is 11.0. The van der Waals surface area contributed by atoms with Gasteiger partial charge in [0.2, 0.25) is 0 Å². The van der Waals surface area contributed by atoms with E-state index in [0.717, 1.165) is 22.4 Å². The molecule has 3 heterocycles. The molecule has 0 bridgehead atoms. The van der Waals surface area contributed by atoms with Crippen molar-refractivity contribution < 1.29 is 9.90 Å². The van der Waals surface area contributed by atoms with Gasteiger partial charge < -0.3 is 14.8 Å². The molecule has 1 radical (unpaired) electrons. The fourth-order valence-corrected chi connectivity index (χ4v) is 4.44. The van der Waals surface area contributed by atoms with Crippen LogP contribution in [0.1, 0.15) is 31.4 Å². The monoisotopic (exact) mass is 436 g/mol. The van der Waals surface area contributed by atoms with E-state index in [2.05, 4.69) is 30.9 Å². The standard InChI is InChI=1S/C21H23N7O2S/c1-2-27(21(29)30)15-5-7-16(8-6-15)31-26-12-19-22-9-10-28(19)20(13-26)23-18-11-17(24-25-18)14-3-4-14/h5-11,13-14H,2-4,12H2,1H3,(H,29,30)(H2,23,24,25)/q+1/p-1. The summed E-state index contributed by atoms with van der Waals surface area (Å²) >= 11 is 1.56. The van der Waals surface area contributed by atoms with Crippen LogP contribution in [0.5, 0.6) is 0 Å². The number of aliphatic imine (C=N–C) groups is 1. The Bertz CT molecular complexity index is 1070. The summed E-state index contributed by atoms with van der Waals surface area (Å²) in [5.74, 6) is 3.18. The van der Waals surface area contributed by atoms with E-state index in [1.807, 2.05) is 29.4 Å². The SMILES string of the molecule is CCN(C(=O)[O-])c1ccc(SN2C=C(Nc3cc(C4CC4)[nH]n3)[N+]3C=CN=C3C2)cc1. The summed E-state index contributed by atoms with van der Waals surface area (Å²) in [6, 6.07) is 9.46. The van der Waals surface area contributed by atoms with Crippen LogP contribution in [-0.2, 0) is 0 Å². The average molecular weight is 437 g/mol. The molecule has 159 valence electrons. The van der Waals surface area contributed by atoms with Gasteiger partial charge in [-0.2, -0.15) is 10.1 Å². The first-order chi connectivity index (χ1) is 15.1. The maximum Gasteiger partial charge on any atom is 0.285 e. The Balaban J connectivity index is 1.32. The Kier molecular flexibility index (Phi) is 5.16. The molecule has 3 aliphatic rings. The number of nitrogens with zero attached hydrogens (tertiary/aromatic N) is 5. The number of nitrogens with one attached hydrogen (secondary N) is 2. The van der Waals surface area contributed by atoms with Crippen molar-refractivity contribution in [2.75, 3.05) is 23.3 Å². The molecule has 31 heavy (non-hydrogen) atoms. The van der Waals surface area contributed by atoms with Crippen molar-refractivity contribution in [3.8, 4) is 0 Å². The van der Waals surface area contributed by atoms with Gasteiger partial charge in [0.25, 0.3) is 11.7 Å². The molecule has 0 atom stereocenters. The summed E-state index contributed by atoms with van der Waals surface area (Å²) in [5.41, 5.74) is 1.78. The minimum absolute atomic E-state index is 0.344. The lowest BCUT2D eigenvalue weighted by molar-refractivity contribution is -0.246. The summed E-state index contributed by atoms with van der Waals surface area (Å²) in [7, 11) is 0. The first kappa shape index (κ1) is 19.7. The lowest BCUT2D eigenvalue weighted by Crippen LogP contribution is -2.42. The highest BCUT2D eigenvalue weighted by Crippen LogP contribution is 2.39. The Morgan fingerprint density at radius 3 is 2.90 bits per heavy atom. The number of aromatic amines is 1. The summed E-state index contributed by atoms with van der Waals surface area (Å²) in [6.07, 6.45) is 6.98. The van der Waals surface area contributed by atoms with Gasteiger partial charge in [0.1, 0.15) is 12.6 Å². The molecule has 1 aliphatic carbocycles. The fourth-order valence-electron chi connectivity index (χ4n) is 3.58. The molecule has 2 aliphatic heterocycles. The number of hydrogen-bond acceptors (Lipinski definition) is 8. The fraction of sp³-hybridized carbons (Fsp3) is 0.286. The van der Waals surface area contributed by atoms with Gasteiger partial charge in [0, 0.05) is 34.8 Å². The molecule has 2 aromatic rings. The van der Waals surface area contributed by atoms with Gasteiger partial charge in [0.05, 0.1) is 12.4 Å². The topological polar surface area (TPSA) is 106 Å². The predicted molar refractivity (Wildman–Crippen MR) is 118 cm³/mol. The average Bonchev–Trinajstić information content (AvgIpc) is 3.31. The van der Waals surface area contributed by atoms with Crippen LogP contribution in [0.25, 0.3) is 0 Å². The normalized spacial score (nSPS) is 17.9. The molecule has 1 fully saturated rings. The molecule has 5 rings (SSSR count). The van der Waals surface area contributed by atoms with E-state index in [1.165, 1.54) is 23.4 Å². The highest BCUT2D eigenvalue weighted by molar-refractivity contribution is 7.97. The Labute approximate surface area is 184 Å². The largest absolute Gasteiger partial charge is 0.530 e.